The molecule has 2 N–H and O–H groups in total. The highest BCUT2D eigenvalue weighted by molar-refractivity contribution is 5.95. The van der Waals surface area contributed by atoms with Crippen LogP contribution in [0.25, 0.3) is 0 Å². The summed E-state index contributed by atoms with van der Waals surface area (Å²) in [7, 11) is 4.49. The van der Waals surface area contributed by atoms with E-state index in [9.17, 15) is 9.59 Å². The summed E-state index contributed by atoms with van der Waals surface area (Å²) in [5, 5.41) is 5.35. The number of esters is 1. The van der Waals surface area contributed by atoms with Crippen molar-refractivity contribution in [1.29, 1.82) is 0 Å². The molecule has 1 atom stereocenters. The molecule has 1 aromatic carbocycles. The van der Waals surface area contributed by atoms with Gasteiger partial charge in [-0.25, -0.2) is 9.59 Å². The number of nitrogens with one attached hydrogen (secondary N) is 2. The van der Waals surface area contributed by atoms with E-state index in [0.717, 1.165) is 0 Å². The largest absolute Gasteiger partial charge is 0.493 e. The van der Waals surface area contributed by atoms with Gasteiger partial charge < -0.3 is 29.6 Å². The number of benzene rings is 1. The highest BCUT2D eigenvalue weighted by atomic mass is 16.5. The molecular weight excluding hydrogens is 352 g/mol. The number of rotatable bonds is 7. The quantitative estimate of drug-likeness (QED) is 0.561. The van der Waals surface area contributed by atoms with Gasteiger partial charge in [-0.3, -0.25) is 0 Å². The SMILES string of the molecule is CC=CCOC(=O)C1=C(C)NC(=O)NC1c1cc(OC)c(OC)c(OC)c1. The Labute approximate surface area is 158 Å². The van der Waals surface area contributed by atoms with Gasteiger partial charge in [-0.1, -0.05) is 12.2 Å². The second kappa shape index (κ2) is 8.98. The second-order valence-electron chi connectivity index (χ2n) is 5.70. The Kier molecular flexibility index (Phi) is 6.70. The van der Waals surface area contributed by atoms with Crippen LogP contribution in [0.3, 0.4) is 0 Å². The first kappa shape index (κ1) is 20.2. The van der Waals surface area contributed by atoms with Crippen molar-refractivity contribution < 1.29 is 28.5 Å². The fraction of sp³-hybridized carbons (Fsp3) is 0.368. The number of urea groups is 1. The Morgan fingerprint density at radius 3 is 2.30 bits per heavy atom. The molecule has 0 fully saturated rings. The summed E-state index contributed by atoms with van der Waals surface area (Å²) in [6.07, 6.45) is 3.50. The summed E-state index contributed by atoms with van der Waals surface area (Å²) in [5.41, 5.74) is 1.31. The second-order valence-corrected chi connectivity index (χ2v) is 5.70. The van der Waals surface area contributed by atoms with Crippen LogP contribution >= 0.6 is 0 Å². The molecule has 146 valence electrons. The van der Waals surface area contributed by atoms with Crippen molar-refractivity contribution >= 4 is 12.0 Å². The predicted octanol–water partition coefficient (Wildman–Crippen LogP) is 2.46. The van der Waals surface area contributed by atoms with Gasteiger partial charge in [0.25, 0.3) is 0 Å². The summed E-state index contributed by atoms with van der Waals surface area (Å²) in [5.74, 6) is 0.719. The maximum Gasteiger partial charge on any atom is 0.338 e. The molecule has 8 nitrogen and oxygen atoms in total. The van der Waals surface area contributed by atoms with Gasteiger partial charge in [0.1, 0.15) is 6.61 Å². The number of methoxy groups -OCH3 is 3. The van der Waals surface area contributed by atoms with Crippen molar-refractivity contribution in [3.8, 4) is 17.2 Å². The number of hydrogen-bond acceptors (Lipinski definition) is 6. The van der Waals surface area contributed by atoms with Crippen molar-refractivity contribution in [3.63, 3.8) is 0 Å². The van der Waals surface area contributed by atoms with Crippen molar-refractivity contribution in [1.82, 2.24) is 10.6 Å². The van der Waals surface area contributed by atoms with Gasteiger partial charge in [-0.2, -0.15) is 0 Å². The first-order valence-corrected chi connectivity index (χ1v) is 8.33. The average molecular weight is 376 g/mol. The zero-order valence-electron chi connectivity index (χ0n) is 16.0. The van der Waals surface area contributed by atoms with Gasteiger partial charge in [0.2, 0.25) is 5.75 Å². The molecule has 27 heavy (non-hydrogen) atoms. The Morgan fingerprint density at radius 1 is 1.15 bits per heavy atom. The number of amides is 2. The zero-order valence-corrected chi connectivity index (χ0v) is 16.0. The first-order valence-electron chi connectivity index (χ1n) is 8.33. The molecule has 1 aliphatic heterocycles. The molecular formula is C19H24N2O6. The lowest BCUT2D eigenvalue weighted by Gasteiger charge is -2.28. The van der Waals surface area contributed by atoms with Crippen LogP contribution in [0.5, 0.6) is 17.2 Å². The maximum absolute atomic E-state index is 12.6. The Balaban J connectivity index is 2.51. The molecule has 2 amide bonds. The Morgan fingerprint density at radius 2 is 1.78 bits per heavy atom. The molecule has 0 radical (unpaired) electrons. The van der Waals surface area contributed by atoms with Crippen LogP contribution in [0.4, 0.5) is 4.79 Å². The predicted molar refractivity (Wildman–Crippen MR) is 99.0 cm³/mol. The van der Waals surface area contributed by atoms with Crippen LogP contribution < -0.4 is 24.8 Å². The fourth-order valence-electron chi connectivity index (χ4n) is 2.78. The monoisotopic (exact) mass is 376 g/mol. The van der Waals surface area contributed by atoms with Crippen molar-refractivity contribution in [2.45, 2.75) is 19.9 Å². The van der Waals surface area contributed by atoms with E-state index in [1.807, 2.05) is 6.92 Å². The molecule has 2 rings (SSSR count). The fourth-order valence-corrected chi connectivity index (χ4v) is 2.78. The van der Waals surface area contributed by atoms with Crippen LogP contribution in [0.15, 0.2) is 35.6 Å². The minimum absolute atomic E-state index is 0.141. The first-order chi connectivity index (χ1) is 13.0. The standard InChI is InChI=1S/C19H24N2O6/c1-6-7-8-27-18(22)15-11(2)20-19(23)21-16(15)12-9-13(24-3)17(26-5)14(10-12)25-4/h6-7,9-10,16H,8H2,1-5H3,(H2,20,21,23). The van der Waals surface area contributed by atoms with E-state index < -0.39 is 18.0 Å². The molecule has 1 aliphatic rings. The summed E-state index contributed by atoms with van der Waals surface area (Å²) in [6, 6.07) is 2.22. The van der Waals surface area contributed by atoms with E-state index in [1.165, 1.54) is 21.3 Å². The third-order valence-electron chi connectivity index (χ3n) is 4.06. The van der Waals surface area contributed by atoms with Crippen molar-refractivity contribution in [3.05, 3.63) is 41.1 Å². The van der Waals surface area contributed by atoms with Gasteiger partial charge in [0.15, 0.2) is 11.5 Å². The van der Waals surface area contributed by atoms with E-state index in [-0.39, 0.29) is 6.61 Å². The van der Waals surface area contributed by atoms with E-state index in [4.69, 9.17) is 18.9 Å². The summed E-state index contributed by atoms with van der Waals surface area (Å²) >= 11 is 0. The van der Waals surface area contributed by atoms with Gasteiger partial charge in [0, 0.05) is 5.70 Å². The number of carbonyl (C=O) groups is 2. The van der Waals surface area contributed by atoms with E-state index in [2.05, 4.69) is 10.6 Å². The zero-order chi connectivity index (χ0) is 20.0. The van der Waals surface area contributed by atoms with Gasteiger partial charge in [0.05, 0.1) is 32.9 Å². The smallest absolute Gasteiger partial charge is 0.338 e. The average Bonchev–Trinajstić information content (AvgIpc) is 2.66. The summed E-state index contributed by atoms with van der Waals surface area (Å²) in [6.45, 7) is 3.62. The van der Waals surface area contributed by atoms with Crippen LogP contribution in [0.1, 0.15) is 25.5 Å². The lowest BCUT2D eigenvalue weighted by Crippen LogP contribution is -2.45. The van der Waals surface area contributed by atoms with Crippen LogP contribution in [0, 0.1) is 0 Å². The topological polar surface area (TPSA) is 95.1 Å². The lowest BCUT2D eigenvalue weighted by atomic mass is 9.95. The third-order valence-corrected chi connectivity index (χ3v) is 4.06. The number of ether oxygens (including phenoxy) is 4. The number of allylic oxidation sites excluding steroid dienone is 2. The molecule has 0 aliphatic carbocycles. The number of hydrogen-bond donors (Lipinski definition) is 2. The molecule has 0 spiro atoms. The van der Waals surface area contributed by atoms with Gasteiger partial charge >= 0.3 is 12.0 Å². The molecule has 1 heterocycles. The molecule has 1 aromatic rings. The molecule has 8 heteroatoms. The minimum Gasteiger partial charge on any atom is -0.493 e. The molecule has 0 aromatic heterocycles. The third kappa shape index (κ3) is 4.33. The Hall–Kier alpha value is -3.16. The minimum atomic E-state index is -0.731. The highest BCUT2D eigenvalue weighted by Gasteiger charge is 2.33. The Bertz CT molecular complexity index is 759. The van der Waals surface area contributed by atoms with Crippen molar-refractivity contribution in [2.75, 3.05) is 27.9 Å². The lowest BCUT2D eigenvalue weighted by molar-refractivity contribution is -0.138. The number of carbonyl (C=O) groups excluding carboxylic acids is 2. The van der Waals surface area contributed by atoms with E-state index >= 15 is 0 Å². The summed E-state index contributed by atoms with van der Waals surface area (Å²) < 4.78 is 21.3. The van der Waals surface area contributed by atoms with Gasteiger partial charge in [-0.05, 0) is 31.5 Å². The van der Waals surface area contributed by atoms with Crippen LogP contribution in [-0.2, 0) is 9.53 Å². The molecule has 0 saturated heterocycles. The van der Waals surface area contributed by atoms with E-state index in [1.54, 1.807) is 31.2 Å². The van der Waals surface area contributed by atoms with Crippen LogP contribution in [-0.4, -0.2) is 39.9 Å². The molecule has 1 unspecified atom stereocenters. The molecule has 0 bridgehead atoms. The summed E-state index contributed by atoms with van der Waals surface area (Å²) in [4.78, 5) is 24.6. The highest BCUT2D eigenvalue weighted by Crippen LogP contribution is 2.41. The maximum atomic E-state index is 12.6. The molecule has 0 saturated carbocycles. The van der Waals surface area contributed by atoms with E-state index in [0.29, 0.717) is 34.1 Å². The van der Waals surface area contributed by atoms with Crippen molar-refractivity contribution in [2.24, 2.45) is 0 Å². The van der Waals surface area contributed by atoms with Crippen LogP contribution in [0.2, 0.25) is 0 Å². The normalized spacial score (nSPS) is 16.6. The van der Waals surface area contributed by atoms with Gasteiger partial charge in [-0.15, -0.1) is 0 Å².